The van der Waals surface area contributed by atoms with Crippen molar-refractivity contribution in [3.8, 4) is 0 Å². The highest BCUT2D eigenvalue weighted by molar-refractivity contribution is 5.75. The van der Waals surface area contributed by atoms with E-state index in [0.29, 0.717) is 0 Å². The van der Waals surface area contributed by atoms with Gasteiger partial charge in [-0.05, 0) is 12.0 Å². The number of rotatable bonds is 3. The Hall–Kier alpha value is -0.830. The maximum atomic E-state index is 6.77. The Kier molecular flexibility index (Phi) is 3.88. The molecule has 0 amide bonds. The maximum absolute atomic E-state index is 6.77. The van der Waals surface area contributed by atoms with Crippen LogP contribution in [0.15, 0.2) is 11.8 Å². The molecule has 0 unspecified atom stereocenters. The van der Waals surface area contributed by atoms with Crippen LogP contribution < -0.4 is 11.3 Å². The second-order valence-electron chi connectivity index (χ2n) is 1.38. The number of allylic oxidation sites excluding steroid dienone is 1. The van der Waals surface area contributed by atoms with Gasteiger partial charge >= 0.3 is 0 Å². The molecule has 0 saturated carbocycles. The Morgan fingerprint density at radius 3 is 2.62 bits per heavy atom. The van der Waals surface area contributed by atoms with Gasteiger partial charge in [-0.3, -0.25) is 5.84 Å². The average molecular weight is 113 g/mol. The molecule has 8 heavy (non-hydrogen) atoms. The lowest BCUT2D eigenvalue weighted by atomic mass is 10.2. The van der Waals surface area contributed by atoms with Crippen LogP contribution >= 0.6 is 0 Å². The minimum Gasteiger partial charge on any atom is -0.331 e. The van der Waals surface area contributed by atoms with E-state index in [-0.39, 0.29) is 0 Å². The molecule has 3 heteroatoms. The van der Waals surface area contributed by atoms with Crippen molar-refractivity contribution in [2.75, 3.05) is 0 Å². The summed E-state index contributed by atoms with van der Waals surface area (Å²) >= 11 is 0. The number of hydrazine groups is 1. The van der Waals surface area contributed by atoms with Crippen molar-refractivity contribution in [1.29, 1.82) is 5.41 Å². The third-order valence-electron chi connectivity index (χ3n) is 0.862. The normalized spacial score (nSPS) is 11.0. The molecule has 0 radical (unpaired) electrons. The van der Waals surface area contributed by atoms with Crippen LogP contribution in [0.5, 0.6) is 0 Å². The molecule has 0 aliphatic heterocycles. The minimum absolute atomic E-state index is 0.841. The monoisotopic (exact) mass is 113 g/mol. The Balaban J connectivity index is 3.66. The fraction of sp³-hybridized carbons (Fsp3) is 0.400. The van der Waals surface area contributed by atoms with Crippen LogP contribution in [0.2, 0.25) is 0 Å². The van der Waals surface area contributed by atoms with Crippen LogP contribution in [0.3, 0.4) is 0 Å². The van der Waals surface area contributed by atoms with E-state index in [1.807, 2.05) is 6.92 Å². The molecule has 4 N–H and O–H groups in total. The summed E-state index contributed by atoms with van der Waals surface area (Å²) in [6.07, 6.45) is 3.72. The highest BCUT2D eigenvalue weighted by Crippen LogP contribution is 1.91. The molecule has 0 spiro atoms. The fourth-order valence-corrected chi connectivity index (χ4v) is 0.353. The zero-order valence-corrected chi connectivity index (χ0v) is 4.94. The highest BCUT2D eigenvalue weighted by atomic mass is 15.2. The van der Waals surface area contributed by atoms with Gasteiger partial charge in [-0.2, -0.15) is 0 Å². The molecule has 0 bridgehead atoms. The predicted octanol–water partition coefficient (Wildman–Crippen LogP) is 0.393. The van der Waals surface area contributed by atoms with Gasteiger partial charge in [0.1, 0.15) is 0 Å². The number of hydrogen-bond acceptors (Lipinski definition) is 3. The van der Waals surface area contributed by atoms with Crippen LogP contribution in [0, 0.1) is 5.41 Å². The van der Waals surface area contributed by atoms with Crippen LogP contribution in [0.4, 0.5) is 0 Å². The SMILES string of the molecule is CC/C(C=N)=C/NN. The molecule has 0 aliphatic carbocycles. The molecule has 0 aromatic carbocycles. The van der Waals surface area contributed by atoms with Gasteiger partial charge in [-0.25, -0.2) is 0 Å². The fourth-order valence-electron chi connectivity index (χ4n) is 0.353. The lowest BCUT2D eigenvalue weighted by Gasteiger charge is -1.91. The first kappa shape index (κ1) is 7.17. The first-order chi connectivity index (χ1) is 3.85. The molecule has 0 saturated heterocycles. The summed E-state index contributed by atoms with van der Waals surface area (Å²) in [5.74, 6) is 4.95. The molecular formula is C5H11N3. The zero-order valence-electron chi connectivity index (χ0n) is 4.94. The first-order valence-electron chi connectivity index (χ1n) is 2.50. The molecule has 0 aromatic rings. The summed E-state index contributed by atoms with van der Waals surface area (Å²) in [6.45, 7) is 1.97. The largest absolute Gasteiger partial charge is 0.331 e. The molecule has 0 fully saturated rings. The smallest absolute Gasteiger partial charge is 0.0224 e. The van der Waals surface area contributed by atoms with E-state index in [1.165, 1.54) is 6.21 Å². The predicted molar refractivity (Wildman–Crippen MR) is 34.5 cm³/mol. The van der Waals surface area contributed by atoms with Crippen molar-refractivity contribution < 1.29 is 0 Å². The second-order valence-corrected chi connectivity index (χ2v) is 1.38. The van der Waals surface area contributed by atoms with Gasteiger partial charge in [0.05, 0.1) is 0 Å². The third-order valence-corrected chi connectivity index (χ3v) is 0.862. The van der Waals surface area contributed by atoms with E-state index < -0.39 is 0 Å². The van der Waals surface area contributed by atoms with Gasteiger partial charge in [0, 0.05) is 12.4 Å². The van der Waals surface area contributed by atoms with Crippen LogP contribution in [-0.4, -0.2) is 6.21 Å². The van der Waals surface area contributed by atoms with Crippen LogP contribution in [0.25, 0.3) is 0 Å². The standard InChI is InChI=1S/C5H11N3/c1-2-5(3-6)4-8-7/h3-4,6,8H,2,7H2,1H3/b5-4-,6-3?. The van der Waals surface area contributed by atoms with Crippen molar-refractivity contribution in [3.05, 3.63) is 11.8 Å². The molecular weight excluding hydrogens is 102 g/mol. The number of nitrogens with two attached hydrogens (primary N) is 1. The van der Waals surface area contributed by atoms with Crippen molar-refractivity contribution in [2.45, 2.75) is 13.3 Å². The molecule has 0 heterocycles. The van der Waals surface area contributed by atoms with E-state index in [0.717, 1.165) is 12.0 Å². The molecule has 0 atom stereocenters. The van der Waals surface area contributed by atoms with Gasteiger partial charge in [-0.1, -0.05) is 6.92 Å². The first-order valence-corrected chi connectivity index (χ1v) is 2.50. The topological polar surface area (TPSA) is 61.9 Å². The molecule has 0 rings (SSSR count). The minimum atomic E-state index is 0.841. The number of nitrogens with one attached hydrogen (secondary N) is 2. The zero-order chi connectivity index (χ0) is 6.41. The quantitative estimate of drug-likeness (QED) is 0.282. The molecule has 3 nitrogen and oxygen atoms in total. The van der Waals surface area contributed by atoms with E-state index in [1.54, 1.807) is 6.20 Å². The van der Waals surface area contributed by atoms with Crippen molar-refractivity contribution in [3.63, 3.8) is 0 Å². The molecule has 0 aromatic heterocycles. The third kappa shape index (κ3) is 2.36. The van der Waals surface area contributed by atoms with E-state index in [2.05, 4.69) is 5.43 Å². The Morgan fingerprint density at radius 2 is 2.50 bits per heavy atom. The van der Waals surface area contributed by atoms with Gasteiger partial charge in [0.15, 0.2) is 0 Å². The summed E-state index contributed by atoms with van der Waals surface area (Å²) in [5.41, 5.74) is 3.25. The summed E-state index contributed by atoms with van der Waals surface area (Å²) in [5, 5.41) is 6.77. The molecule has 46 valence electrons. The van der Waals surface area contributed by atoms with Gasteiger partial charge in [0.2, 0.25) is 0 Å². The lowest BCUT2D eigenvalue weighted by molar-refractivity contribution is 0.947. The van der Waals surface area contributed by atoms with E-state index in [4.69, 9.17) is 11.3 Å². The van der Waals surface area contributed by atoms with Gasteiger partial charge < -0.3 is 10.8 Å². The summed E-state index contributed by atoms with van der Waals surface area (Å²) in [6, 6.07) is 0. The average Bonchev–Trinajstić information content (AvgIpc) is 1.83. The Labute approximate surface area is 49.1 Å². The van der Waals surface area contributed by atoms with Crippen molar-refractivity contribution in [2.24, 2.45) is 5.84 Å². The Morgan fingerprint density at radius 1 is 1.88 bits per heavy atom. The van der Waals surface area contributed by atoms with Crippen molar-refractivity contribution >= 4 is 6.21 Å². The van der Waals surface area contributed by atoms with E-state index in [9.17, 15) is 0 Å². The number of hydrogen-bond donors (Lipinski definition) is 3. The van der Waals surface area contributed by atoms with Crippen LogP contribution in [0.1, 0.15) is 13.3 Å². The summed E-state index contributed by atoms with van der Waals surface area (Å²) in [7, 11) is 0. The van der Waals surface area contributed by atoms with E-state index >= 15 is 0 Å². The Bertz CT molecular complexity index is 95.8. The molecule has 0 aliphatic rings. The van der Waals surface area contributed by atoms with Gasteiger partial charge in [-0.15, -0.1) is 0 Å². The highest BCUT2D eigenvalue weighted by Gasteiger charge is 1.82. The van der Waals surface area contributed by atoms with Crippen molar-refractivity contribution in [1.82, 2.24) is 5.43 Å². The second kappa shape index (κ2) is 4.33. The summed E-state index contributed by atoms with van der Waals surface area (Å²) < 4.78 is 0. The van der Waals surface area contributed by atoms with Gasteiger partial charge in [0.25, 0.3) is 0 Å². The maximum Gasteiger partial charge on any atom is 0.0224 e. The van der Waals surface area contributed by atoms with Crippen LogP contribution in [-0.2, 0) is 0 Å². The summed E-state index contributed by atoms with van der Waals surface area (Å²) in [4.78, 5) is 0. The lowest BCUT2D eigenvalue weighted by Crippen LogP contribution is -2.14.